The Morgan fingerprint density at radius 1 is 1.55 bits per heavy atom. The number of fused-ring (bicyclic) bond motifs is 1. The van der Waals surface area contributed by atoms with Crippen LogP contribution in [0.15, 0.2) is 18.3 Å². The Bertz CT molecular complexity index is 390. The molecule has 0 spiro atoms. The lowest BCUT2D eigenvalue weighted by Gasteiger charge is -1.92. The first-order valence-electron chi connectivity index (χ1n) is 3.32. The lowest BCUT2D eigenvalue weighted by atomic mass is 10.4. The molecule has 0 radical (unpaired) electrons. The molecule has 0 aliphatic carbocycles. The van der Waals surface area contributed by atoms with Crippen molar-refractivity contribution in [2.75, 3.05) is 5.73 Å². The van der Waals surface area contributed by atoms with Gasteiger partial charge in [0.05, 0.1) is 0 Å². The summed E-state index contributed by atoms with van der Waals surface area (Å²) in [5.74, 6) is 0.499. The van der Waals surface area contributed by atoms with E-state index in [-0.39, 0.29) is 0 Å². The number of hydrogen-bond donors (Lipinski definition) is 1. The third-order valence-corrected chi connectivity index (χ3v) is 1.66. The highest BCUT2D eigenvalue weighted by Crippen LogP contribution is 2.11. The normalized spacial score (nSPS) is 10.6. The quantitative estimate of drug-likeness (QED) is 0.593. The smallest absolute Gasteiger partial charge is 0.202 e. The van der Waals surface area contributed by atoms with E-state index in [1.54, 1.807) is 10.8 Å². The van der Waals surface area contributed by atoms with Crippen molar-refractivity contribution in [3.05, 3.63) is 18.3 Å². The molecule has 2 rings (SSSR count). The molecule has 56 valence electrons. The minimum Gasteiger partial charge on any atom is -0.369 e. The molecule has 0 aliphatic rings. The Balaban J connectivity index is 2.92. The van der Waals surface area contributed by atoms with Crippen LogP contribution in [0.2, 0.25) is 0 Å². The first-order chi connectivity index (χ1) is 5.29. The van der Waals surface area contributed by atoms with E-state index >= 15 is 0 Å². The fraction of sp³-hybridized carbons (Fsp3) is 0.143. The van der Waals surface area contributed by atoms with Crippen LogP contribution >= 0.6 is 0 Å². The molecule has 11 heavy (non-hydrogen) atoms. The molecule has 0 saturated heterocycles. The maximum Gasteiger partial charge on any atom is 0.202 e. The highest BCUT2D eigenvalue weighted by Gasteiger charge is 2.02. The molecule has 0 bridgehead atoms. The number of hydrogen-bond acceptors (Lipinski definition) is 3. The predicted octanol–water partition coefficient (Wildman–Crippen LogP) is 0.551. The zero-order chi connectivity index (χ0) is 7.84. The van der Waals surface area contributed by atoms with Crippen LogP contribution in [0.25, 0.3) is 11.2 Å². The number of nitrogen functional groups attached to an aromatic ring is 1. The zero-order valence-electron chi connectivity index (χ0n) is 6.15. The first kappa shape index (κ1) is 6.15. The molecule has 2 aromatic rings. The molecule has 0 fully saturated rings. The van der Waals surface area contributed by atoms with E-state index < -0.39 is 0 Å². The second-order valence-corrected chi connectivity index (χ2v) is 2.38. The summed E-state index contributed by atoms with van der Waals surface area (Å²) in [6, 6.07) is 3.73. The highest BCUT2D eigenvalue weighted by molar-refractivity contribution is 5.73. The number of rotatable bonds is 0. The number of anilines is 1. The molecule has 4 heteroatoms. The van der Waals surface area contributed by atoms with Crippen molar-refractivity contribution in [2.24, 2.45) is 7.05 Å². The van der Waals surface area contributed by atoms with Crippen molar-refractivity contribution in [2.45, 2.75) is 0 Å². The van der Waals surface area contributed by atoms with Crippen molar-refractivity contribution in [3.63, 3.8) is 0 Å². The Morgan fingerprint density at radius 2 is 2.36 bits per heavy atom. The van der Waals surface area contributed by atoms with Crippen LogP contribution in [0.4, 0.5) is 5.95 Å². The van der Waals surface area contributed by atoms with Crippen LogP contribution < -0.4 is 5.73 Å². The molecule has 2 N–H and O–H groups in total. The van der Waals surface area contributed by atoms with Crippen molar-refractivity contribution >= 4 is 17.1 Å². The topological polar surface area (TPSA) is 56.7 Å². The van der Waals surface area contributed by atoms with Crippen molar-refractivity contribution in [1.29, 1.82) is 0 Å². The van der Waals surface area contributed by atoms with Gasteiger partial charge in [0.1, 0.15) is 5.52 Å². The molecule has 0 aromatic carbocycles. The SMILES string of the molecule is Cn1c(N)nc2cccnc21. The number of imidazole rings is 1. The number of aryl methyl sites for hydroxylation is 1. The third-order valence-electron chi connectivity index (χ3n) is 1.66. The average Bonchev–Trinajstić information content (AvgIpc) is 2.30. The van der Waals surface area contributed by atoms with E-state index in [9.17, 15) is 0 Å². The maximum absolute atomic E-state index is 5.56. The van der Waals surface area contributed by atoms with Gasteiger partial charge in [-0.1, -0.05) is 0 Å². The molecule has 2 heterocycles. The van der Waals surface area contributed by atoms with E-state index in [0.29, 0.717) is 5.95 Å². The van der Waals surface area contributed by atoms with Gasteiger partial charge in [-0.2, -0.15) is 0 Å². The van der Waals surface area contributed by atoms with Gasteiger partial charge in [0.2, 0.25) is 5.95 Å². The Labute approximate surface area is 63.7 Å². The van der Waals surface area contributed by atoms with Crippen LogP contribution in [0.5, 0.6) is 0 Å². The lowest BCUT2D eigenvalue weighted by molar-refractivity contribution is 0.947. The van der Waals surface area contributed by atoms with E-state index in [0.717, 1.165) is 11.2 Å². The summed E-state index contributed by atoms with van der Waals surface area (Å²) < 4.78 is 1.76. The van der Waals surface area contributed by atoms with Crippen LogP contribution in [0.3, 0.4) is 0 Å². The van der Waals surface area contributed by atoms with Gasteiger partial charge in [0.15, 0.2) is 5.65 Å². The van der Waals surface area contributed by atoms with Gasteiger partial charge in [-0.25, -0.2) is 9.97 Å². The third kappa shape index (κ3) is 0.756. The summed E-state index contributed by atoms with van der Waals surface area (Å²) >= 11 is 0. The molecular formula is C7H8N4. The van der Waals surface area contributed by atoms with Crippen LogP contribution in [-0.2, 0) is 7.05 Å². The van der Waals surface area contributed by atoms with Crippen LogP contribution in [0.1, 0.15) is 0 Å². The fourth-order valence-electron chi connectivity index (χ4n) is 1.04. The maximum atomic E-state index is 5.56. The molecule has 0 aliphatic heterocycles. The second kappa shape index (κ2) is 1.95. The first-order valence-corrected chi connectivity index (χ1v) is 3.32. The van der Waals surface area contributed by atoms with Gasteiger partial charge < -0.3 is 5.73 Å². The standard InChI is InChI=1S/C7H8N4/c1-11-6-5(10-7(11)8)3-2-4-9-6/h2-4H,1H3,(H2,8,10). The second-order valence-electron chi connectivity index (χ2n) is 2.38. The number of nitrogens with zero attached hydrogens (tertiary/aromatic N) is 3. The fourth-order valence-corrected chi connectivity index (χ4v) is 1.04. The summed E-state index contributed by atoms with van der Waals surface area (Å²) in [5.41, 5.74) is 7.23. The van der Waals surface area contributed by atoms with Gasteiger partial charge in [0.25, 0.3) is 0 Å². The van der Waals surface area contributed by atoms with Crippen LogP contribution in [-0.4, -0.2) is 14.5 Å². The largest absolute Gasteiger partial charge is 0.369 e. The zero-order valence-corrected chi connectivity index (χ0v) is 6.15. The Kier molecular flexibility index (Phi) is 1.09. The van der Waals surface area contributed by atoms with E-state index in [1.165, 1.54) is 0 Å². The van der Waals surface area contributed by atoms with E-state index in [2.05, 4.69) is 9.97 Å². The summed E-state index contributed by atoms with van der Waals surface area (Å²) in [5, 5.41) is 0. The molecular weight excluding hydrogens is 140 g/mol. The number of pyridine rings is 1. The summed E-state index contributed by atoms with van der Waals surface area (Å²) in [6.07, 6.45) is 1.73. The van der Waals surface area contributed by atoms with Gasteiger partial charge in [-0.3, -0.25) is 4.57 Å². The lowest BCUT2D eigenvalue weighted by Crippen LogP contribution is -1.96. The molecule has 2 aromatic heterocycles. The van der Waals surface area contributed by atoms with Gasteiger partial charge >= 0.3 is 0 Å². The molecule has 0 atom stereocenters. The summed E-state index contributed by atoms with van der Waals surface area (Å²) in [7, 11) is 1.84. The predicted molar refractivity (Wildman–Crippen MR) is 42.9 cm³/mol. The molecule has 0 amide bonds. The number of aromatic nitrogens is 3. The molecule has 4 nitrogen and oxygen atoms in total. The number of nitrogens with two attached hydrogens (primary N) is 1. The summed E-state index contributed by atoms with van der Waals surface area (Å²) in [4.78, 5) is 8.21. The van der Waals surface area contributed by atoms with Gasteiger partial charge in [-0.15, -0.1) is 0 Å². The molecule has 0 unspecified atom stereocenters. The summed E-state index contributed by atoms with van der Waals surface area (Å²) in [6.45, 7) is 0. The van der Waals surface area contributed by atoms with Crippen molar-refractivity contribution in [1.82, 2.24) is 14.5 Å². The average molecular weight is 148 g/mol. The van der Waals surface area contributed by atoms with Crippen LogP contribution in [0, 0.1) is 0 Å². The van der Waals surface area contributed by atoms with Gasteiger partial charge in [-0.05, 0) is 12.1 Å². The minimum absolute atomic E-state index is 0.499. The monoisotopic (exact) mass is 148 g/mol. The van der Waals surface area contributed by atoms with Crippen molar-refractivity contribution < 1.29 is 0 Å². The van der Waals surface area contributed by atoms with E-state index in [1.807, 2.05) is 19.2 Å². The minimum atomic E-state index is 0.499. The molecule has 0 saturated carbocycles. The highest BCUT2D eigenvalue weighted by atomic mass is 15.2. The van der Waals surface area contributed by atoms with E-state index in [4.69, 9.17) is 5.73 Å². The Morgan fingerprint density at radius 3 is 3.09 bits per heavy atom. The van der Waals surface area contributed by atoms with Gasteiger partial charge in [0, 0.05) is 13.2 Å². The van der Waals surface area contributed by atoms with Crippen molar-refractivity contribution in [3.8, 4) is 0 Å². The Hall–Kier alpha value is -1.58.